The molecule has 0 radical (unpaired) electrons. The molecule has 0 saturated heterocycles. The monoisotopic (exact) mass is 322 g/mol. The molecular weight excluding hydrogens is 315 g/mol. The van der Waals surface area contributed by atoms with E-state index in [9.17, 15) is 9.50 Å². The summed E-state index contributed by atoms with van der Waals surface area (Å²) in [5.41, 5.74) is 5.79. The van der Waals surface area contributed by atoms with Gasteiger partial charge in [0.2, 0.25) is 0 Å². The number of rotatable bonds is 2. The Labute approximate surface area is 117 Å². The summed E-state index contributed by atoms with van der Waals surface area (Å²) in [5, 5.41) is 18.2. The maximum Gasteiger partial charge on any atom is 0.181 e. The summed E-state index contributed by atoms with van der Waals surface area (Å²) in [6, 6.07) is 9.00. The van der Waals surface area contributed by atoms with Gasteiger partial charge in [0.15, 0.2) is 17.3 Å². The lowest BCUT2D eigenvalue weighted by molar-refractivity contribution is 0.434. The first kappa shape index (κ1) is 13.2. The van der Waals surface area contributed by atoms with Crippen molar-refractivity contribution in [3.8, 4) is 23.3 Å². The number of aromatic hydroxyl groups is 1. The van der Waals surface area contributed by atoms with Crippen molar-refractivity contribution in [3.05, 3.63) is 46.2 Å². The molecule has 0 fully saturated rings. The lowest BCUT2D eigenvalue weighted by atomic mass is 10.2. The zero-order valence-corrected chi connectivity index (χ0v) is 11.1. The second-order valence-corrected chi connectivity index (χ2v) is 4.44. The predicted octanol–water partition coefficient (Wildman–Crippen LogP) is 3.54. The molecule has 2 aromatic rings. The fourth-order valence-corrected chi connectivity index (χ4v) is 1.85. The van der Waals surface area contributed by atoms with Crippen molar-refractivity contribution in [2.75, 3.05) is 5.73 Å². The third kappa shape index (κ3) is 2.46. The van der Waals surface area contributed by atoms with E-state index in [1.54, 1.807) is 0 Å². The van der Waals surface area contributed by atoms with Gasteiger partial charge in [-0.3, -0.25) is 0 Å². The highest BCUT2D eigenvalue weighted by Crippen LogP contribution is 2.36. The van der Waals surface area contributed by atoms with E-state index in [0.29, 0.717) is 0 Å². The van der Waals surface area contributed by atoms with Crippen molar-refractivity contribution in [2.45, 2.75) is 0 Å². The van der Waals surface area contributed by atoms with Crippen LogP contribution in [0.1, 0.15) is 5.56 Å². The number of nitriles is 1. The molecule has 0 unspecified atom stereocenters. The SMILES string of the molecule is N#Cc1ccc(Oc2cccc(O)c2N)c(F)c1Br. The molecule has 0 amide bonds. The molecule has 19 heavy (non-hydrogen) atoms. The summed E-state index contributed by atoms with van der Waals surface area (Å²) in [6.07, 6.45) is 0. The van der Waals surface area contributed by atoms with Crippen molar-refractivity contribution in [3.63, 3.8) is 0 Å². The molecular formula is C13H8BrFN2O2. The summed E-state index contributed by atoms with van der Waals surface area (Å²) in [5.74, 6) is -0.814. The van der Waals surface area contributed by atoms with Gasteiger partial charge in [0, 0.05) is 0 Å². The predicted molar refractivity (Wildman–Crippen MR) is 71.4 cm³/mol. The Bertz CT molecular complexity index is 683. The van der Waals surface area contributed by atoms with Gasteiger partial charge in [0.25, 0.3) is 0 Å². The minimum absolute atomic E-state index is 0.0161. The number of nitrogens with two attached hydrogens (primary N) is 1. The van der Waals surface area contributed by atoms with Crippen LogP contribution in [0.15, 0.2) is 34.8 Å². The molecule has 0 aromatic heterocycles. The Morgan fingerprint density at radius 1 is 1.26 bits per heavy atom. The zero-order chi connectivity index (χ0) is 14.0. The summed E-state index contributed by atoms with van der Waals surface area (Å²) >= 11 is 2.98. The van der Waals surface area contributed by atoms with Gasteiger partial charge in [-0.2, -0.15) is 5.26 Å². The number of para-hydroxylation sites is 1. The van der Waals surface area contributed by atoms with Gasteiger partial charge in [0.05, 0.1) is 10.0 Å². The van der Waals surface area contributed by atoms with E-state index in [0.717, 1.165) is 0 Å². The summed E-state index contributed by atoms with van der Waals surface area (Å²) < 4.78 is 19.3. The van der Waals surface area contributed by atoms with E-state index in [4.69, 9.17) is 15.7 Å². The van der Waals surface area contributed by atoms with Gasteiger partial charge in [0.1, 0.15) is 17.5 Å². The van der Waals surface area contributed by atoms with Crippen molar-refractivity contribution >= 4 is 21.6 Å². The number of phenols is 1. The molecule has 0 aliphatic heterocycles. The molecule has 0 bridgehead atoms. The Morgan fingerprint density at radius 3 is 2.68 bits per heavy atom. The van der Waals surface area contributed by atoms with Crippen molar-refractivity contribution < 1.29 is 14.2 Å². The topological polar surface area (TPSA) is 79.3 Å². The molecule has 0 aliphatic rings. The van der Waals surface area contributed by atoms with Crippen LogP contribution in [0.5, 0.6) is 17.2 Å². The van der Waals surface area contributed by atoms with Crippen LogP contribution in [0.25, 0.3) is 0 Å². The normalized spacial score (nSPS) is 9.95. The molecule has 96 valence electrons. The van der Waals surface area contributed by atoms with Crippen LogP contribution in [0.3, 0.4) is 0 Å². The maximum atomic E-state index is 13.9. The smallest absolute Gasteiger partial charge is 0.181 e. The molecule has 0 heterocycles. The number of hydrogen-bond acceptors (Lipinski definition) is 4. The molecule has 0 aliphatic carbocycles. The van der Waals surface area contributed by atoms with Crippen molar-refractivity contribution in [2.24, 2.45) is 0 Å². The van der Waals surface area contributed by atoms with E-state index in [2.05, 4.69) is 15.9 Å². The van der Waals surface area contributed by atoms with E-state index >= 15 is 0 Å². The molecule has 4 nitrogen and oxygen atoms in total. The van der Waals surface area contributed by atoms with E-state index in [1.807, 2.05) is 6.07 Å². The van der Waals surface area contributed by atoms with Gasteiger partial charge in [-0.05, 0) is 40.2 Å². The second kappa shape index (κ2) is 5.16. The number of hydrogen-bond donors (Lipinski definition) is 2. The fraction of sp³-hybridized carbons (Fsp3) is 0. The molecule has 0 atom stereocenters. The first-order chi connectivity index (χ1) is 9.04. The third-order valence-corrected chi connectivity index (χ3v) is 3.21. The summed E-state index contributed by atoms with van der Waals surface area (Å²) in [7, 11) is 0. The lowest BCUT2D eigenvalue weighted by Crippen LogP contribution is -1.95. The lowest BCUT2D eigenvalue weighted by Gasteiger charge is -2.11. The highest BCUT2D eigenvalue weighted by molar-refractivity contribution is 9.10. The average Bonchev–Trinajstić information content (AvgIpc) is 2.40. The first-order valence-electron chi connectivity index (χ1n) is 5.18. The van der Waals surface area contributed by atoms with Gasteiger partial charge >= 0.3 is 0 Å². The number of ether oxygens (including phenoxy) is 1. The van der Waals surface area contributed by atoms with Crippen LogP contribution in [-0.2, 0) is 0 Å². The number of anilines is 1. The summed E-state index contributed by atoms with van der Waals surface area (Å²) in [4.78, 5) is 0. The number of nitrogens with zero attached hydrogens (tertiary/aromatic N) is 1. The molecule has 0 spiro atoms. The molecule has 2 aromatic carbocycles. The van der Waals surface area contributed by atoms with Crippen LogP contribution >= 0.6 is 15.9 Å². The van der Waals surface area contributed by atoms with Crippen LogP contribution in [-0.4, -0.2) is 5.11 Å². The van der Waals surface area contributed by atoms with Gasteiger partial charge in [-0.25, -0.2) is 4.39 Å². The highest BCUT2D eigenvalue weighted by Gasteiger charge is 2.14. The maximum absolute atomic E-state index is 13.9. The standard InChI is InChI=1S/C13H8BrFN2O2/c14-11-7(6-16)4-5-9(12(11)15)19-10-3-1-2-8(18)13(10)17/h1-5,18H,17H2. The van der Waals surface area contributed by atoms with Crippen LogP contribution < -0.4 is 10.5 Å². The number of phenolic OH excluding ortho intramolecular Hbond substituents is 1. The van der Waals surface area contributed by atoms with Gasteiger partial charge in [-0.15, -0.1) is 0 Å². The fourth-order valence-electron chi connectivity index (χ4n) is 1.44. The Balaban J connectivity index is 2.43. The van der Waals surface area contributed by atoms with Gasteiger partial charge in [-0.1, -0.05) is 6.07 Å². The van der Waals surface area contributed by atoms with E-state index in [-0.39, 0.29) is 33.0 Å². The van der Waals surface area contributed by atoms with Gasteiger partial charge < -0.3 is 15.6 Å². The third-order valence-electron chi connectivity index (χ3n) is 2.43. The minimum atomic E-state index is -0.707. The number of nitrogen functional groups attached to an aromatic ring is 1. The highest BCUT2D eigenvalue weighted by atomic mass is 79.9. The molecule has 6 heteroatoms. The van der Waals surface area contributed by atoms with Crippen LogP contribution in [0.2, 0.25) is 0 Å². The summed E-state index contributed by atoms with van der Waals surface area (Å²) in [6.45, 7) is 0. The quantitative estimate of drug-likeness (QED) is 0.654. The number of benzene rings is 2. The Hall–Kier alpha value is -2.26. The molecule has 2 rings (SSSR count). The minimum Gasteiger partial charge on any atom is -0.506 e. The average molecular weight is 323 g/mol. The Kier molecular flexibility index (Phi) is 3.58. The molecule has 3 N–H and O–H groups in total. The van der Waals surface area contributed by atoms with Crippen LogP contribution in [0, 0.1) is 17.1 Å². The Morgan fingerprint density at radius 2 is 2.00 bits per heavy atom. The van der Waals surface area contributed by atoms with Crippen molar-refractivity contribution in [1.29, 1.82) is 5.26 Å². The van der Waals surface area contributed by atoms with E-state index in [1.165, 1.54) is 30.3 Å². The number of halogens is 2. The largest absolute Gasteiger partial charge is 0.506 e. The van der Waals surface area contributed by atoms with Crippen molar-refractivity contribution in [1.82, 2.24) is 0 Å². The van der Waals surface area contributed by atoms with Crippen LogP contribution in [0.4, 0.5) is 10.1 Å². The second-order valence-electron chi connectivity index (χ2n) is 3.64. The first-order valence-corrected chi connectivity index (χ1v) is 5.97. The zero-order valence-electron chi connectivity index (χ0n) is 9.52. The van der Waals surface area contributed by atoms with E-state index < -0.39 is 5.82 Å². The molecule has 0 saturated carbocycles.